The van der Waals surface area contributed by atoms with Gasteiger partial charge < -0.3 is 0 Å². The molecule has 0 nitrogen and oxygen atoms in total. The van der Waals surface area contributed by atoms with Crippen molar-refractivity contribution in [3.05, 3.63) is 90.5 Å². The van der Waals surface area contributed by atoms with Crippen molar-refractivity contribution in [1.29, 1.82) is 0 Å². The fraction of sp³-hybridized carbons (Fsp3) is 0.591. The Morgan fingerprint density at radius 2 is 1.13 bits per heavy atom. The molecule has 3 heteroatoms. The van der Waals surface area contributed by atoms with Gasteiger partial charge in [-0.25, -0.2) is 0 Å². The van der Waals surface area contributed by atoms with Crippen LogP contribution >= 0.6 is 15.8 Å². The van der Waals surface area contributed by atoms with Crippen molar-refractivity contribution >= 4 is 31.8 Å². The van der Waals surface area contributed by atoms with Crippen LogP contribution in [0.25, 0.3) is 0 Å². The van der Waals surface area contributed by atoms with E-state index in [0.717, 1.165) is 38.0 Å². The molecule has 17 rings (SSSR count). The Balaban J connectivity index is 0.927. The zero-order valence-electron chi connectivity index (χ0n) is 27.6. The van der Waals surface area contributed by atoms with Crippen molar-refractivity contribution in [3.8, 4) is 0 Å². The van der Waals surface area contributed by atoms with Crippen molar-refractivity contribution in [2.24, 2.45) is 23.7 Å². The first kappa shape index (κ1) is 24.3. The predicted molar refractivity (Wildman–Crippen MR) is 194 cm³/mol. The topological polar surface area (TPSA) is 0 Å². The second-order valence-electron chi connectivity index (χ2n) is 21.9. The monoisotopic (exact) mass is 694 g/mol. The Morgan fingerprint density at radius 3 is 1.60 bits per heavy atom. The van der Waals surface area contributed by atoms with Crippen molar-refractivity contribution in [3.63, 3.8) is 0 Å². The number of hydrogen-bond acceptors (Lipinski definition) is 0. The van der Waals surface area contributed by atoms with Gasteiger partial charge in [0.05, 0.1) is 0 Å². The van der Waals surface area contributed by atoms with Crippen LogP contribution in [0, 0.1) is 23.7 Å². The number of rotatable bonds is 8. The van der Waals surface area contributed by atoms with Gasteiger partial charge in [-0.1, -0.05) is 0 Å². The summed E-state index contributed by atoms with van der Waals surface area (Å²) in [7, 11) is -0.391. The van der Waals surface area contributed by atoms with Crippen LogP contribution in [-0.2, 0) is 10.8 Å². The molecule has 14 fully saturated rings. The van der Waals surface area contributed by atoms with E-state index in [2.05, 4.69) is 91.9 Å². The Morgan fingerprint density at radius 1 is 0.596 bits per heavy atom. The third-order valence-corrected chi connectivity index (χ3v) is 75.8. The normalized spacial score (nSPS) is 68.3. The average molecular weight is 695 g/mol. The molecule has 0 amide bonds. The van der Waals surface area contributed by atoms with E-state index in [1.54, 1.807) is 62.0 Å². The summed E-state index contributed by atoms with van der Waals surface area (Å²) < 4.78 is 1.65. The Kier molecular flexibility index (Phi) is 2.27. The van der Waals surface area contributed by atoms with E-state index >= 15 is 0 Å². The van der Waals surface area contributed by atoms with Gasteiger partial charge in [-0.05, 0) is 0 Å². The molecule has 1 spiro atoms. The molecule has 10 heterocycles. The molecule has 12 atom stereocenters. The summed E-state index contributed by atoms with van der Waals surface area (Å²) in [5.41, 5.74) is 5.48. The third-order valence-electron chi connectivity index (χ3n) is 25.8. The molecular weight excluding hydrogens is 646 g/mol. The molecule has 10 saturated heterocycles. The van der Waals surface area contributed by atoms with Crippen LogP contribution in [0.2, 0.25) is 42.8 Å². The SMILES string of the molecule is C[C@@H](P(C1CC2CCC1C2)C1CC2CCC1C2)[C@]12[CH]3[CH]4[CH]5[C]1(c1ccccc1P(c1ccccc1)c1ccccc1)[Fe]45321678[CH]2[CH]1[CH]6[CH]7[CH]28. The zero-order chi connectivity index (χ0) is 30.0. The van der Waals surface area contributed by atoms with Crippen molar-refractivity contribution in [1.82, 2.24) is 0 Å². The molecule has 10 aliphatic heterocycles. The zero-order valence-corrected chi connectivity index (χ0v) is 30.5. The van der Waals surface area contributed by atoms with E-state index < -0.39 is 14.4 Å². The molecule has 14 aliphatic rings. The summed E-state index contributed by atoms with van der Waals surface area (Å²) in [5, 5.41) is 4.99. The first-order valence-electron chi connectivity index (χ1n) is 19.9. The maximum absolute atomic E-state index is 3.82. The van der Waals surface area contributed by atoms with Crippen molar-refractivity contribution in [2.45, 2.75) is 122 Å². The van der Waals surface area contributed by atoms with E-state index in [4.69, 9.17) is 0 Å². The predicted octanol–water partition coefficient (Wildman–Crippen LogP) is 10.9. The molecule has 4 bridgehead atoms. The number of benzene rings is 3. The van der Waals surface area contributed by atoms with E-state index in [9.17, 15) is 0 Å². The van der Waals surface area contributed by atoms with Crippen LogP contribution in [0.1, 0.15) is 63.9 Å². The van der Waals surface area contributed by atoms with Crippen LogP contribution in [0.3, 0.4) is 0 Å². The minimum absolute atomic E-state index is 0.146. The maximum atomic E-state index is 3.08. The van der Waals surface area contributed by atoms with E-state index in [1.165, 1.54) is 49.8 Å². The summed E-state index contributed by atoms with van der Waals surface area (Å²) in [6.07, 6.45) is 13.0. The van der Waals surface area contributed by atoms with Crippen LogP contribution < -0.4 is 15.9 Å². The van der Waals surface area contributed by atoms with Gasteiger partial charge in [0.15, 0.2) is 0 Å². The fourth-order valence-electron chi connectivity index (χ4n) is 27.5. The van der Waals surface area contributed by atoms with Crippen molar-refractivity contribution in [2.75, 3.05) is 0 Å². The van der Waals surface area contributed by atoms with Gasteiger partial charge in [0.25, 0.3) is 0 Å². The van der Waals surface area contributed by atoms with Crippen LogP contribution in [-0.4, -0.2) is 17.0 Å². The van der Waals surface area contributed by atoms with Gasteiger partial charge in [0.2, 0.25) is 0 Å². The Hall–Kier alpha value is -0.961. The molecule has 3 aromatic rings. The first-order chi connectivity index (χ1) is 22.9. The minimum atomic E-state index is -3.82. The second kappa shape index (κ2) is 4.39. The molecule has 4 saturated carbocycles. The van der Waals surface area contributed by atoms with Crippen LogP contribution in [0.5, 0.6) is 0 Å². The van der Waals surface area contributed by atoms with Crippen LogP contribution in [0.15, 0.2) is 84.9 Å². The first-order valence-corrected chi connectivity index (χ1v) is 29.0. The summed E-state index contributed by atoms with van der Waals surface area (Å²) in [5.74, 6) is 4.50. The van der Waals surface area contributed by atoms with E-state index in [-0.39, 0.29) is 7.92 Å². The summed E-state index contributed by atoms with van der Waals surface area (Å²) >= 11 is 0. The van der Waals surface area contributed by atoms with Gasteiger partial charge in [0, 0.05) is 0 Å². The molecule has 4 aliphatic carbocycles. The van der Waals surface area contributed by atoms with Gasteiger partial charge in [-0.3, -0.25) is 0 Å². The van der Waals surface area contributed by atoms with Gasteiger partial charge in [0.1, 0.15) is 0 Å². The number of hydrogen-bond donors (Lipinski definition) is 0. The molecule has 0 N–H and O–H groups in total. The Labute approximate surface area is 273 Å². The molecule has 47 heavy (non-hydrogen) atoms. The number of fused-ring (bicyclic) bond motifs is 14. The Bertz CT molecular complexity index is 2320. The molecule has 10 unspecified atom stereocenters. The van der Waals surface area contributed by atoms with E-state index in [1.807, 2.05) is 10.9 Å². The third kappa shape index (κ3) is 0.799. The van der Waals surface area contributed by atoms with Gasteiger partial charge in [-0.15, -0.1) is 0 Å². The van der Waals surface area contributed by atoms with E-state index in [0.29, 0.717) is 0 Å². The summed E-state index contributed by atoms with van der Waals surface area (Å²) in [4.78, 5) is 10.9. The van der Waals surface area contributed by atoms with Gasteiger partial charge >= 0.3 is 275 Å². The quantitative estimate of drug-likeness (QED) is 0.163. The second-order valence-corrected chi connectivity index (χ2v) is 50.4. The average Bonchev–Trinajstić information content (AvgIpc) is 3.86. The molecule has 242 valence electrons. The summed E-state index contributed by atoms with van der Waals surface area (Å²) in [6.45, 7) is -0.740. The standard InChI is InChI=1S/C39H43P2.C5H5.Fe/c1-27(40(38-25-28-19-21-30(38)23-28)39-26-29-20-22-31(39)24-29)34-16-10-17-35(34)36-15-8-9-18-37(36)41(32-11-4-2-5-12-32)33-13-6-3-7-14-33;1-2-4-5-3-1;/h2-18,27-31,38-39H,19-26H2,1H3;1-5H;/t27-,28?,29?,30?,31?,38?,39?,40?;;/m1../s1. The van der Waals surface area contributed by atoms with Crippen LogP contribution in [0.4, 0.5) is 0 Å². The molecule has 3 aromatic carbocycles. The molecule has 0 aromatic heterocycles. The fourth-order valence-corrected chi connectivity index (χ4v) is 115. The molecular formula is C44H48FeP2. The summed E-state index contributed by atoms with van der Waals surface area (Å²) in [6, 6.07) is 34.2. The molecule has 0 radical (unpaired) electrons. The van der Waals surface area contributed by atoms with Gasteiger partial charge in [-0.2, -0.15) is 0 Å². The van der Waals surface area contributed by atoms with Crippen molar-refractivity contribution < 1.29 is 6.51 Å².